The minimum absolute atomic E-state index is 0.0637. The Bertz CT molecular complexity index is 430. The monoisotopic (exact) mass is 356 g/mol. The number of unbranched alkanes of at least 4 members (excludes halogenated alkanes) is 7. The van der Waals surface area contributed by atoms with Gasteiger partial charge in [-0.25, -0.2) is 4.79 Å². The molecule has 0 radical (unpaired) electrons. The standard InChI is InChI=1S/C19H32O6/c1-15(2)19(23)25-16(3)14-24-18(22)13-11-9-7-5-4-6-8-10-12-17(20)21/h16H,1,4-14H2,2-3H3,(H,20,21). The number of carbonyl (C=O) groups is 3. The molecule has 0 saturated carbocycles. The Balaban J connectivity index is 3.45. The van der Waals surface area contributed by atoms with Crippen LogP contribution in [0.2, 0.25) is 0 Å². The van der Waals surface area contributed by atoms with Gasteiger partial charge >= 0.3 is 17.9 Å². The van der Waals surface area contributed by atoms with Gasteiger partial charge in [-0.1, -0.05) is 45.1 Å². The van der Waals surface area contributed by atoms with Crippen LogP contribution < -0.4 is 0 Å². The highest BCUT2D eigenvalue weighted by atomic mass is 16.6. The molecule has 0 amide bonds. The van der Waals surface area contributed by atoms with Crippen LogP contribution in [0.25, 0.3) is 0 Å². The second-order valence-corrected chi connectivity index (χ2v) is 6.40. The van der Waals surface area contributed by atoms with Crippen molar-refractivity contribution >= 4 is 17.9 Å². The molecule has 1 N–H and O–H groups in total. The van der Waals surface area contributed by atoms with Gasteiger partial charge < -0.3 is 14.6 Å². The highest BCUT2D eigenvalue weighted by Gasteiger charge is 2.12. The van der Waals surface area contributed by atoms with Crippen molar-refractivity contribution < 1.29 is 29.0 Å². The van der Waals surface area contributed by atoms with Crippen molar-refractivity contribution in [3.05, 3.63) is 12.2 Å². The molecule has 0 heterocycles. The predicted molar refractivity (Wildman–Crippen MR) is 95.1 cm³/mol. The molecule has 1 unspecified atom stereocenters. The summed E-state index contributed by atoms with van der Waals surface area (Å²) in [6, 6.07) is 0. The maximum Gasteiger partial charge on any atom is 0.333 e. The molecule has 0 aromatic carbocycles. The number of ether oxygens (including phenoxy) is 2. The zero-order chi connectivity index (χ0) is 19.1. The summed E-state index contributed by atoms with van der Waals surface area (Å²) in [4.78, 5) is 33.3. The van der Waals surface area contributed by atoms with Gasteiger partial charge in [0.25, 0.3) is 0 Å². The fourth-order valence-corrected chi connectivity index (χ4v) is 2.21. The molecule has 0 aliphatic heterocycles. The Hall–Kier alpha value is -1.85. The molecule has 0 bridgehead atoms. The molecule has 1 atom stereocenters. The maximum atomic E-state index is 11.6. The van der Waals surface area contributed by atoms with Crippen LogP contribution in [0.4, 0.5) is 0 Å². The van der Waals surface area contributed by atoms with Crippen LogP contribution in [0.1, 0.15) is 78.1 Å². The Morgan fingerprint density at radius 3 is 1.88 bits per heavy atom. The van der Waals surface area contributed by atoms with Crippen molar-refractivity contribution in [3.8, 4) is 0 Å². The Labute approximate surface area is 150 Å². The van der Waals surface area contributed by atoms with E-state index >= 15 is 0 Å². The molecule has 6 nitrogen and oxygen atoms in total. The molecule has 0 aromatic rings. The van der Waals surface area contributed by atoms with E-state index in [1.807, 2.05) is 0 Å². The van der Waals surface area contributed by atoms with Gasteiger partial charge in [0.05, 0.1) is 0 Å². The maximum absolute atomic E-state index is 11.6. The number of hydrogen-bond donors (Lipinski definition) is 1. The highest BCUT2D eigenvalue weighted by Crippen LogP contribution is 2.11. The smallest absolute Gasteiger partial charge is 0.333 e. The third-order valence-electron chi connectivity index (χ3n) is 3.66. The number of rotatable bonds is 15. The first-order chi connectivity index (χ1) is 11.8. The molecule has 0 fully saturated rings. The van der Waals surface area contributed by atoms with Gasteiger partial charge in [-0.05, 0) is 26.7 Å². The van der Waals surface area contributed by atoms with E-state index in [0.717, 1.165) is 51.4 Å². The lowest BCUT2D eigenvalue weighted by Gasteiger charge is -2.13. The first-order valence-electron chi connectivity index (χ1n) is 9.06. The summed E-state index contributed by atoms with van der Waals surface area (Å²) in [7, 11) is 0. The van der Waals surface area contributed by atoms with Gasteiger partial charge in [-0.2, -0.15) is 0 Å². The lowest BCUT2D eigenvalue weighted by Crippen LogP contribution is -2.22. The number of carboxylic acids is 1. The molecule has 144 valence electrons. The second kappa shape index (κ2) is 14.5. The third kappa shape index (κ3) is 15.4. The largest absolute Gasteiger partial charge is 0.481 e. The van der Waals surface area contributed by atoms with E-state index in [4.69, 9.17) is 14.6 Å². The summed E-state index contributed by atoms with van der Waals surface area (Å²) in [6.07, 6.45) is 7.98. The van der Waals surface area contributed by atoms with Crippen LogP contribution in [0, 0.1) is 0 Å². The number of aliphatic carboxylic acids is 1. The molecule has 0 aliphatic carbocycles. The van der Waals surface area contributed by atoms with Crippen molar-refractivity contribution in [2.45, 2.75) is 84.2 Å². The van der Waals surface area contributed by atoms with Crippen molar-refractivity contribution in [1.29, 1.82) is 0 Å². The van der Waals surface area contributed by atoms with Crippen molar-refractivity contribution in [2.75, 3.05) is 6.61 Å². The lowest BCUT2D eigenvalue weighted by molar-refractivity contribution is -0.155. The SMILES string of the molecule is C=C(C)C(=O)OC(C)COC(=O)CCCCCCCCCCC(=O)O. The average Bonchev–Trinajstić information content (AvgIpc) is 2.54. The van der Waals surface area contributed by atoms with Gasteiger partial charge in [0.15, 0.2) is 0 Å². The van der Waals surface area contributed by atoms with Crippen LogP contribution in [0.5, 0.6) is 0 Å². The zero-order valence-electron chi connectivity index (χ0n) is 15.6. The molecule has 25 heavy (non-hydrogen) atoms. The molecule has 0 spiro atoms. The van der Waals surface area contributed by atoms with E-state index < -0.39 is 18.0 Å². The summed E-state index contributed by atoms with van der Waals surface area (Å²) in [5.74, 6) is -1.48. The van der Waals surface area contributed by atoms with E-state index in [-0.39, 0.29) is 19.0 Å². The minimum atomic E-state index is -0.727. The number of carbonyl (C=O) groups excluding carboxylic acids is 2. The first-order valence-corrected chi connectivity index (χ1v) is 9.06. The van der Waals surface area contributed by atoms with Crippen LogP contribution in [-0.2, 0) is 23.9 Å². The van der Waals surface area contributed by atoms with E-state index in [1.165, 1.54) is 0 Å². The van der Waals surface area contributed by atoms with Gasteiger partial charge in [-0.3, -0.25) is 9.59 Å². The second-order valence-electron chi connectivity index (χ2n) is 6.40. The molecule has 0 aromatic heterocycles. The molecule has 0 aliphatic rings. The van der Waals surface area contributed by atoms with Gasteiger partial charge in [0.1, 0.15) is 12.7 Å². The number of esters is 2. The minimum Gasteiger partial charge on any atom is -0.481 e. The third-order valence-corrected chi connectivity index (χ3v) is 3.66. The van der Waals surface area contributed by atoms with E-state index in [9.17, 15) is 14.4 Å². The van der Waals surface area contributed by atoms with Crippen LogP contribution in [-0.4, -0.2) is 35.7 Å². The fourth-order valence-electron chi connectivity index (χ4n) is 2.21. The molecule has 0 rings (SSSR count). The van der Waals surface area contributed by atoms with E-state index in [1.54, 1.807) is 13.8 Å². The van der Waals surface area contributed by atoms with Gasteiger partial charge in [0.2, 0.25) is 0 Å². The number of carboxylic acid groups (broad SMARTS) is 1. The summed E-state index contributed by atoms with van der Waals surface area (Å²) in [5.41, 5.74) is 0.320. The zero-order valence-corrected chi connectivity index (χ0v) is 15.6. The topological polar surface area (TPSA) is 89.9 Å². The average molecular weight is 356 g/mol. The molecular formula is C19H32O6. The Kier molecular flexibility index (Phi) is 13.4. The summed E-state index contributed by atoms with van der Waals surface area (Å²) in [6.45, 7) is 6.79. The van der Waals surface area contributed by atoms with Crippen LogP contribution in [0.15, 0.2) is 12.2 Å². The van der Waals surface area contributed by atoms with Gasteiger partial charge in [-0.15, -0.1) is 0 Å². The first kappa shape index (κ1) is 23.1. The fraction of sp³-hybridized carbons (Fsp3) is 0.737. The summed E-state index contributed by atoms with van der Waals surface area (Å²) < 4.78 is 10.1. The Morgan fingerprint density at radius 1 is 0.920 bits per heavy atom. The normalized spacial score (nSPS) is 11.6. The molecule has 0 saturated heterocycles. The summed E-state index contributed by atoms with van der Waals surface area (Å²) in [5, 5.41) is 8.52. The van der Waals surface area contributed by atoms with Crippen LogP contribution in [0.3, 0.4) is 0 Å². The lowest BCUT2D eigenvalue weighted by atomic mass is 10.1. The number of hydrogen-bond acceptors (Lipinski definition) is 5. The van der Waals surface area contributed by atoms with Crippen LogP contribution >= 0.6 is 0 Å². The summed E-state index contributed by atoms with van der Waals surface area (Å²) >= 11 is 0. The molecular weight excluding hydrogens is 324 g/mol. The van der Waals surface area contributed by atoms with Gasteiger partial charge in [0, 0.05) is 18.4 Å². The van der Waals surface area contributed by atoms with Crippen molar-refractivity contribution in [2.24, 2.45) is 0 Å². The highest BCUT2D eigenvalue weighted by molar-refractivity contribution is 5.87. The van der Waals surface area contributed by atoms with E-state index in [2.05, 4.69) is 6.58 Å². The predicted octanol–water partition coefficient (Wildman–Crippen LogP) is 4.02. The van der Waals surface area contributed by atoms with E-state index in [0.29, 0.717) is 12.0 Å². The Morgan fingerprint density at radius 2 is 1.40 bits per heavy atom. The quantitative estimate of drug-likeness (QED) is 0.271. The molecule has 6 heteroatoms. The van der Waals surface area contributed by atoms with Crippen molar-refractivity contribution in [3.63, 3.8) is 0 Å². The van der Waals surface area contributed by atoms with Crippen molar-refractivity contribution in [1.82, 2.24) is 0 Å².